The van der Waals surface area contributed by atoms with Crippen LogP contribution in [0.5, 0.6) is 0 Å². The van der Waals surface area contributed by atoms with E-state index in [1.165, 1.54) is 0 Å². The number of H-pyrrole nitrogens is 1. The third-order valence-electron chi connectivity index (χ3n) is 1.84. The maximum atomic E-state index is 9.02. The zero-order valence-electron chi connectivity index (χ0n) is 7.62. The lowest BCUT2D eigenvalue weighted by molar-refractivity contribution is 0.0942. The Kier molecular flexibility index (Phi) is 3.88. The minimum Gasteiger partial charge on any atom is -0.394 e. The third-order valence-corrected chi connectivity index (χ3v) is 1.84. The fourth-order valence-electron chi connectivity index (χ4n) is 0.992. The van der Waals surface area contributed by atoms with Gasteiger partial charge in [0.05, 0.1) is 18.9 Å². The number of aromatic nitrogens is 2. The first kappa shape index (κ1) is 10.2. The van der Waals surface area contributed by atoms with E-state index in [-0.39, 0.29) is 6.61 Å². The molecular formula is C8H15N3O2. The van der Waals surface area contributed by atoms with Crippen LogP contribution in [-0.4, -0.2) is 39.7 Å². The number of aliphatic hydroxyl groups is 2. The van der Waals surface area contributed by atoms with Gasteiger partial charge in [-0.25, -0.2) is 0 Å². The minimum atomic E-state index is -0.688. The highest BCUT2D eigenvalue weighted by Crippen LogP contribution is 2.00. The van der Waals surface area contributed by atoms with Gasteiger partial charge in [0.2, 0.25) is 0 Å². The van der Waals surface area contributed by atoms with Gasteiger partial charge in [0.1, 0.15) is 0 Å². The van der Waals surface area contributed by atoms with Crippen LogP contribution in [0.3, 0.4) is 0 Å². The van der Waals surface area contributed by atoms with Crippen molar-refractivity contribution in [2.24, 2.45) is 0 Å². The van der Waals surface area contributed by atoms with Crippen molar-refractivity contribution in [1.82, 2.24) is 15.5 Å². The number of aliphatic hydroxyl groups excluding tert-OH is 2. The normalized spacial score (nSPS) is 13.2. The predicted octanol–water partition coefficient (Wildman–Crippen LogP) is -0.839. The summed E-state index contributed by atoms with van der Waals surface area (Å²) in [4.78, 5) is 0. The number of aryl methyl sites for hydroxylation is 1. The molecule has 1 unspecified atom stereocenters. The van der Waals surface area contributed by atoms with Gasteiger partial charge >= 0.3 is 0 Å². The van der Waals surface area contributed by atoms with Gasteiger partial charge in [0, 0.05) is 24.3 Å². The van der Waals surface area contributed by atoms with Crippen LogP contribution >= 0.6 is 0 Å². The molecule has 0 saturated heterocycles. The molecule has 1 atom stereocenters. The van der Waals surface area contributed by atoms with E-state index < -0.39 is 6.10 Å². The van der Waals surface area contributed by atoms with Gasteiger partial charge in [-0.3, -0.25) is 5.10 Å². The SMILES string of the molecule is Cc1[nH]ncc1CNCC(O)CO. The molecule has 0 aliphatic heterocycles. The molecule has 0 aliphatic carbocycles. The monoisotopic (exact) mass is 185 g/mol. The van der Waals surface area contributed by atoms with Crippen molar-refractivity contribution in [2.75, 3.05) is 13.2 Å². The van der Waals surface area contributed by atoms with Crippen LogP contribution in [0.25, 0.3) is 0 Å². The summed E-state index contributed by atoms with van der Waals surface area (Å²) in [7, 11) is 0. The minimum absolute atomic E-state index is 0.211. The van der Waals surface area contributed by atoms with Crippen molar-refractivity contribution >= 4 is 0 Å². The van der Waals surface area contributed by atoms with Gasteiger partial charge in [-0.05, 0) is 6.92 Å². The van der Waals surface area contributed by atoms with E-state index in [0.29, 0.717) is 13.1 Å². The van der Waals surface area contributed by atoms with Gasteiger partial charge in [0.15, 0.2) is 0 Å². The molecule has 1 aromatic rings. The van der Waals surface area contributed by atoms with E-state index in [4.69, 9.17) is 10.2 Å². The molecule has 13 heavy (non-hydrogen) atoms. The summed E-state index contributed by atoms with van der Waals surface area (Å²) in [6.45, 7) is 2.77. The van der Waals surface area contributed by atoms with Crippen molar-refractivity contribution in [2.45, 2.75) is 19.6 Å². The Morgan fingerprint density at radius 2 is 2.46 bits per heavy atom. The Morgan fingerprint density at radius 1 is 1.69 bits per heavy atom. The fraction of sp³-hybridized carbons (Fsp3) is 0.625. The molecule has 4 N–H and O–H groups in total. The second kappa shape index (κ2) is 4.96. The van der Waals surface area contributed by atoms with Crippen molar-refractivity contribution < 1.29 is 10.2 Å². The highest BCUT2D eigenvalue weighted by Gasteiger charge is 2.02. The predicted molar refractivity (Wildman–Crippen MR) is 48.1 cm³/mol. The van der Waals surface area contributed by atoms with Crippen molar-refractivity contribution in [3.8, 4) is 0 Å². The second-order valence-electron chi connectivity index (χ2n) is 2.99. The second-order valence-corrected chi connectivity index (χ2v) is 2.99. The molecule has 74 valence electrons. The molecule has 1 rings (SSSR count). The summed E-state index contributed by atoms with van der Waals surface area (Å²) in [5, 5.41) is 27.2. The van der Waals surface area contributed by atoms with Gasteiger partial charge in [-0.1, -0.05) is 0 Å². The molecule has 0 radical (unpaired) electrons. The van der Waals surface area contributed by atoms with Crippen LogP contribution in [-0.2, 0) is 6.54 Å². The Bertz CT molecular complexity index is 249. The van der Waals surface area contributed by atoms with E-state index in [9.17, 15) is 0 Å². The van der Waals surface area contributed by atoms with E-state index in [1.807, 2.05) is 6.92 Å². The molecule has 1 aromatic heterocycles. The highest BCUT2D eigenvalue weighted by atomic mass is 16.3. The first-order valence-electron chi connectivity index (χ1n) is 4.22. The zero-order valence-corrected chi connectivity index (χ0v) is 7.62. The van der Waals surface area contributed by atoms with E-state index in [0.717, 1.165) is 11.3 Å². The molecule has 0 amide bonds. The molecule has 0 fully saturated rings. The third kappa shape index (κ3) is 3.14. The Morgan fingerprint density at radius 3 is 3.00 bits per heavy atom. The number of hydrogen-bond donors (Lipinski definition) is 4. The number of hydrogen-bond acceptors (Lipinski definition) is 4. The summed E-state index contributed by atoms with van der Waals surface area (Å²) in [5.41, 5.74) is 2.09. The summed E-state index contributed by atoms with van der Waals surface area (Å²) in [6.07, 6.45) is 1.06. The van der Waals surface area contributed by atoms with Crippen LogP contribution < -0.4 is 5.32 Å². The zero-order chi connectivity index (χ0) is 9.68. The first-order valence-corrected chi connectivity index (χ1v) is 4.22. The standard InChI is InChI=1S/C8H15N3O2/c1-6-7(3-10-11-6)2-9-4-8(13)5-12/h3,8-9,12-13H,2,4-5H2,1H3,(H,10,11). The molecule has 0 aromatic carbocycles. The van der Waals surface area contributed by atoms with Gasteiger partial charge in [-0.2, -0.15) is 5.10 Å². The lowest BCUT2D eigenvalue weighted by Crippen LogP contribution is -2.28. The average Bonchev–Trinajstić information content (AvgIpc) is 2.52. The van der Waals surface area contributed by atoms with E-state index in [2.05, 4.69) is 15.5 Å². The van der Waals surface area contributed by atoms with Crippen LogP contribution in [0.4, 0.5) is 0 Å². The van der Waals surface area contributed by atoms with E-state index >= 15 is 0 Å². The summed E-state index contributed by atoms with van der Waals surface area (Å²) in [6, 6.07) is 0. The number of nitrogens with zero attached hydrogens (tertiary/aromatic N) is 1. The molecule has 1 heterocycles. The van der Waals surface area contributed by atoms with Crippen molar-refractivity contribution in [3.05, 3.63) is 17.5 Å². The van der Waals surface area contributed by atoms with Crippen LogP contribution in [0, 0.1) is 6.92 Å². The van der Waals surface area contributed by atoms with Gasteiger partial charge in [-0.15, -0.1) is 0 Å². The highest BCUT2D eigenvalue weighted by molar-refractivity contribution is 5.13. The first-order chi connectivity index (χ1) is 6.24. The quantitative estimate of drug-likeness (QED) is 0.482. The summed E-state index contributed by atoms with van der Waals surface area (Å²) in [5.74, 6) is 0. The summed E-state index contributed by atoms with van der Waals surface area (Å²) < 4.78 is 0. The van der Waals surface area contributed by atoms with Gasteiger partial charge < -0.3 is 15.5 Å². The van der Waals surface area contributed by atoms with Crippen LogP contribution in [0.15, 0.2) is 6.20 Å². The molecular weight excluding hydrogens is 170 g/mol. The van der Waals surface area contributed by atoms with Crippen LogP contribution in [0.1, 0.15) is 11.3 Å². The summed E-state index contributed by atoms with van der Waals surface area (Å²) >= 11 is 0. The number of rotatable bonds is 5. The average molecular weight is 185 g/mol. The Labute approximate surface area is 76.8 Å². The molecule has 5 nitrogen and oxygen atoms in total. The molecule has 0 spiro atoms. The largest absolute Gasteiger partial charge is 0.394 e. The lowest BCUT2D eigenvalue weighted by atomic mass is 10.2. The Hall–Kier alpha value is -0.910. The maximum Gasteiger partial charge on any atom is 0.0895 e. The maximum absolute atomic E-state index is 9.02. The topological polar surface area (TPSA) is 81.2 Å². The van der Waals surface area contributed by atoms with Crippen molar-refractivity contribution in [1.29, 1.82) is 0 Å². The fourth-order valence-corrected chi connectivity index (χ4v) is 0.992. The molecule has 0 saturated carbocycles. The molecule has 5 heteroatoms. The molecule has 0 bridgehead atoms. The number of nitrogens with one attached hydrogen (secondary N) is 2. The molecule has 0 aliphatic rings. The number of aromatic amines is 1. The Balaban J connectivity index is 2.24. The smallest absolute Gasteiger partial charge is 0.0895 e. The van der Waals surface area contributed by atoms with Crippen LogP contribution in [0.2, 0.25) is 0 Å². The van der Waals surface area contributed by atoms with E-state index in [1.54, 1.807) is 6.20 Å². The lowest BCUT2D eigenvalue weighted by Gasteiger charge is -2.07. The van der Waals surface area contributed by atoms with Crippen molar-refractivity contribution in [3.63, 3.8) is 0 Å². The van der Waals surface area contributed by atoms with Gasteiger partial charge in [0.25, 0.3) is 0 Å².